The second kappa shape index (κ2) is 19.6. The number of hydrogen-bond donors (Lipinski definition) is 3. The molecule has 0 aliphatic heterocycles. The summed E-state index contributed by atoms with van der Waals surface area (Å²) in [7, 11) is 3.15. The van der Waals surface area contributed by atoms with Crippen molar-refractivity contribution in [2.45, 2.75) is 41.5 Å². The number of carbonyl (C=O) groups is 2. The molecular formula is C18H32N4O4S2. The van der Waals surface area contributed by atoms with Gasteiger partial charge < -0.3 is 20.5 Å². The number of aliphatic imine (C=N–C) groups is 1. The van der Waals surface area contributed by atoms with Gasteiger partial charge in [0.2, 0.25) is 0 Å². The molecule has 160 valence electrons. The molecule has 0 aliphatic rings. The maximum atomic E-state index is 11.5. The first-order valence-electron chi connectivity index (χ1n) is 8.49. The number of rotatable bonds is 6. The Labute approximate surface area is 178 Å². The van der Waals surface area contributed by atoms with E-state index >= 15 is 0 Å². The summed E-state index contributed by atoms with van der Waals surface area (Å²) in [5, 5.41) is 7.49. The minimum absolute atomic E-state index is 0.240. The Hall–Kier alpha value is -2.13. The number of nitrogens with one attached hydrogen (secondary N) is 2. The van der Waals surface area contributed by atoms with Gasteiger partial charge in [0, 0.05) is 7.05 Å². The van der Waals surface area contributed by atoms with E-state index in [1.54, 1.807) is 34.7 Å². The zero-order valence-corrected chi connectivity index (χ0v) is 19.5. The van der Waals surface area contributed by atoms with Gasteiger partial charge in [0.25, 0.3) is 11.8 Å². The van der Waals surface area contributed by atoms with Gasteiger partial charge in [-0.25, -0.2) is 0 Å². The van der Waals surface area contributed by atoms with Gasteiger partial charge in [0.05, 0.1) is 29.5 Å². The molecule has 0 saturated carbocycles. The van der Waals surface area contributed by atoms with Gasteiger partial charge in [-0.15, -0.1) is 0 Å². The molecule has 0 aliphatic carbocycles. The molecule has 0 aromatic heterocycles. The lowest BCUT2D eigenvalue weighted by Gasteiger charge is -2.09. The number of isothiocyanates is 1. The first-order chi connectivity index (χ1) is 13.2. The SMILES string of the molecule is CCO/C(C)=C(/C)C(=O)N=C=S.CCO/C(C)=C(/C)C(=O)NC(=S)NC.CN. The predicted octanol–water partition coefficient (Wildman–Crippen LogP) is 2.46. The Morgan fingerprint density at radius 3 is 1.79 bits per heavy atom. The smallest absolute Gasteiger partial charge is 0.284 e. The lowest BCUT2D eigenvalue weighted by atomic mass is 10.2. The van der Waals surface area contributed by atoms with Crippen LogP contribution in [0.1, 0.15) is 41.5 Å². The standard InChI is InChI=1S/C9H16N2O2S.C8H11NO2S.CH5N/c1-5-13-7(3)6(2)8(12)11-9(14)10-4;1-4-11-7(3)6(2)8(10)9-5-12;1-2/h5H2,1-4H3,(H2,10,11,12,14);4H2,1-3H3;2H2,1H3/b2*7-6-;. The van der Waals surface area contributed by atoms with Crippen molar-refractivity contribution in [1.82, 2.24) is 10.6 Å². The van der Waals surface area contributed by atoms with Crippen molar-refractivity contribution >= 4 is 46.5 Å². The highest BCUT2D eigenvalue weighted by molar-refractivity contribution is 7.80. The van der Waals surface area contributed by atoms with Crippen molar-refractivity contribution in [2.24, 2.45) is 10.7 Å². The van der Waals surface area contributed by atoms with Gasteiger partial charge in [-0.1, -0.05) is 0 Å². The second-order valence-corrected chi connectivity index (χ2v) is 5.36. The van der Waals surface area contributed by atoms with Gasteiger partial charge in [-0.2, -0.15) is 4.99 Å². The molecule has 0 spiro atoms. The minimum Gasteiger partial charge on any atom is -0.498 e. The maximum absolute atomic E-state index is 11.5. The van der Waals surface area contributed by atoms with E-state index in [-0.39, 0.29) is 5.91 Å². The van der Waals surface area contributed by atoms with Crippen LogP contribution in [0.4, 0.5) is 0 Å². The normalized spacial score (nSPS) is 10.8. The predicted molar refractivity (Wildman–Crippen MR) is 120 cm³/mol. The highest BCUT2D eigenvalue weighted by Gasteiger charge is 2.09. The van der Waals surface area contributed by atoms with Gasteiger partial charge in [-0.3, -0.25) is 14.9 Å². The zero-order valence-electron chi connectivity index (χ0n) is 17.9. The first kappa shape index (κ1) is 30.6. The fraction of sp³-hybridized carbons (Fsp3) is 0.556. The highest BCUT2D eigenvalue weighted by Crippen LogP contribution is 2.06. The summed E-state index contributed by atoms with van der Waals surface area (Å²) in [6.07, 6.45) is 0. The van der Waals surface area contributed by atoms with Crippen LogP contribution in [0.25, 0.3) is 0 Å². The summed E-state index contributed by atoms with van der Waals surface area (Å²) in [4.78, 5) is 25.8. The van der Waals surface area contributed by atoms with Crippen molar-refractivity contribution in [2.75, 3.05) is 27.3 Å². The van der Waals surface area contributed by atoms with Crippen molar-refractivity contribution < 1.29 is 19.1 Å². The van der Waals surface area contributed by atoms with Crippen molar-refractivity contribution in [3.05, 3.63) is 22.7 Å². The number of nitrogens with zero attached hydrogens (tertiary/aromatic N) is 1. The van der Waals surface area contributed by atoms with Crippen LogP contribution in [0, 0.1) is 0 Å². The highest BCUT2D eigenvalue weighted by atomic mass is 32.1. The molecule has 4 N–H and O–H groups in total. The molecule has 0 bridgehead atoms. The van der Waals surface area contributed by atoms with Crippen molar-refractivity contribution in [3.63, 3.8) is 0 Å². The molecular weight excluding hydrogens is 400 g/mol. The molecule has 0 saturated heterocycles. The molecule has 0 atom stereocenters. The zero-order chi connectivity index (χ0) is 22.7. The second-order valence-electron chi connectivity index (χ2n) is 4.77. The van der Waals surface area contributed by atoms with Gasteiger partial charge in [0.1, 0.15) is 11.5 Å². The fourth-order valence-corrected chi connectivity index (χ4v) is 1.52. The van der Waals surface area contributed by atoms with Crippen LogP contribution in [0.2, 0.25) is 0 Å². The minimum atomic E-state index is -0.393. The average Bonchev–Trinajstić information content (AvgIpc) is 2.69. The van der Waals surface area contributed by atoms with Crippen LogP contribution in [-0.4, -0.2) is 49.4 Å². The van der Waals surface area contributed by atoms with Crippen molar-refractivity contribution in [3.8, 4) is 0 Å². The summed E-state index contributed by atoms with van der Waals surface area (Å²) >= 11 is 9.09. The first-order valence-corrected chi connectivity index (χ1v) is 9.31. The average molecular weight is 433 g/mol. The third-order valence-corrected chi connectivity index (χ3v) is 3.44. The Balaban J connectivity index is -0.000000414. The van der Waals surface area contributed by atoms with Gasteiger partial charge in [0.15, 0.2) is 5.11 Å². The van der Waals surface area contributed by atoms with E-state index in [4.69, 9.17) is 21.7 Å². The van der Waals surface area contributed by atoms with E-state index in [9.17, 15) is 9.59 Å². The van der Waals surface area contributed by atoms with Gasteiger partial charge in [-0.05, 0) is 73.0 Å². The van der Waals surface area contributed by atoms with Crippen LogP contribution in [0.5, 0.6) is 0 Å². The molecule has 0 aromatic carbocycles. The number of ether oxygens (including phenoxy) is 2. The Morgan fingerprint density at radius 2 is 1.43 bits per heavy atom. The third kappa shape index (κ3) is 15.0. The fourth-order valence-electron chi connectivity index (χ4n) is 1.34. The molecule has 8 nitrogen and oxygen atoms in total. The molecule has 28 heavy (non-hydrogen) atoms. The summed E-state index contributed by atoms with van der Waals surface area (Å²) in [5.74, 6) is 0.562. The molecule has 0 unspecified atom stereocenters. The van der Waals surface area contributed by atoms with E-state index in [1.807, 2.05) is 19.0 Å². The lowest BCUT2D eigenvalue weighted by molar-refractivity contribution is -0.116. The maximum Gasteiger partial charge on any atom is 0.284 e. The molecule has 0 fully saturated rings. The van der Waals surface area contributed by atoms with E-state index in [1.165, 1.54) is 7.05 Å². The molecule has 0 heterocycles. The quantitative estimate of drug-likeness (QED) is 0.254. The van der Waals surface area contributed by atoms with E-state index in [0.717, 1.165) is 0 Å². The molecule has 10 heteroatoms. The number of thiocarbonyl (C=S) groups is 2. The van der Waals surface area contributed by atoms with Crippen LogP contribution in [0.3, 0.4) is 0 Å². The van der Waals surface area contributed by atoms with Crippen LogP contribution in [0.15, 0.2) is 27.7 Å². The van der Waals surface area contributed by atoms with E-state index in [0.29, 0.717) is 41.0 Å². The summed E-state index contributed by atoms with van der Waals surface area (Å²) in [6.45, 7) is 11.6. The summed E-state index contributed by atoms with van der Waals surface area (Å²) in [5.41, 5.74) is 5.50. The Bertz CT molecular complexity index is 625. The number of amides is 2. The molecule has 0 rings (SSSR count). The molecule has 0 radical (unpaired) electrons. The number of nitrogens with two attached hydrogens (primary N) is 1. The summed E-state index contributed by atoms with van der Waals surface area (Å²) < 4.78 is 10.3. The summed E-state index contributed by atoms with van der Waals surface area (Å²) in [6, 6.07) is 0. The third-order valence-electron chi connectivity index (χ3n) is 3.04. The number of allylic oxidation sites excluding steroid dienone is 2. The van der Waals surface area contributed by atoms with Gasteiger partial charge >= 0.3 is 0 Å². The monoisotopic (exact) mass is 432 g/mol. The van der Waals surface area contributed by atoms with Crippen LogP contribution < -0.4 is 16.4 Å². The lowest BCUT2D eigenvalue weighted by Crippen LogP contribution is -2.37. The largest absolute Gasteiger partial charge is 0.498 e. The Kier molecular flexibility index (Phi) is 21.4. The molecule has 2 amide bonds. The molecule has 0 aromatic rings. The van der Waals surface area contributed by atoms with Crippen LogP contribution >= 0.6 is 24.4 Å². The van der Waals surface area contributed by atoms with E-state index in [2.05, 4.69) is 33.6 Å². The van der Waals surface area contributed by atoms with Crippen molar-refractivity contribution in [1.29, 1.82) is 0 Å². The van der Waals surface area contributed by atoms with E-state index < -0.39 is 5.91 Å². The number of carbonyl (C=O) groups excluding carboxylic acids is 2. The van der Waals surface area contributed by atoms with Crippen LogP contribution in [-0.2, 0) is 19.1 Å². The Morgan fingerprint density at radius 1 is 1.00 bits per heavy atom. The topological polar surface area (TPSA) is 115 Å². The number of hydrogen-bond acceptors (Lipinski definition) is 7.